The number of hydrogen-bond donors (Lipinski definition) is 1. The molecule has 3 atom stereocenters. The molecule has 2 bridgehead atoms. The van der Waals surface area contributed by atoms with E-state index in [1.807, 2.05) is 0 Å². The van der Waals surface area contributed by atoms with Crippen LogP contribution >= 0.6 is 0 Å². The quantitative estimate of drug-likeness (QED) is 0.750. The van der Waals surface area contributed by atoms with Crippen LogP contribution in [-0.2, 0) is 0 Å². The molecule has 3 aliphatic rings. The van der Waals surface area contributed by atoms with E-state index >= 15 is 0 Å². The maximum atomic E-state index is 3.77. The SMILES string of the molecule is CC(C)CNCC1(C2CC2)CC2CCC1C2. The standard InChI is InChI=1S/C15H27N/c1-11(2)9-16-10-15(13-5-6-13)8-12-3-4-14(15)7-12/h11-14,16H,3-10H2,1-2H3. The first kappa shape index (κ1) is 11.1. The average Bonchev–Trinajstić information content (AvgIpc) is 2.92. The first-order chi connectivity index (χ1) is 7.71. The van der Waals surface area contributed by atoms with Gasteiger partial charge in [-0.15, -0.1) is 0 Å². The Bertz CT molecular complexity index is 256. The predicted octanol–water partition coefficient (Wildman–Crippen LogP) is 3.45. The van der Waals surface area contributed by atoms with Crippen LogP contribution in [0.5, 0.6) is 0 Å². The molecule has 1 N–H and O–H groups in total. The van der Waals surface area contributed by atoms with E-state index in [4.69, 9.17) is 0 Å². The van der Waals surface area contributed by atoms with Crippen LogP contribution in [0.1, 0.15) is 52.4 Å². The lowest BCUT2D eigenvalue weighted by molar-refractivity contribution is 0.124. The minimum Gasteiger partial charge on any atom is -0.316 e. The third-order valence-corrected chi connectivity index (χ3v) is 5.42. The molecule has 0 amide bonds. The second-order valence-electron chi connectivity index (χ2n) is 7.11. The molecule has 3 aliphatic carbocycles. The molecule has 0 heterocycles. The zero-order valence-corrected chi connectivity index (χ0v) is 11.0. The molecule has 3 saturated carbocycles. The van der Waals surface area contributed by atoms with Crippen LogP contribution in [0.15, 0.2) is 0 Å². The van der Waals surface area contributed by atoms with Crippen molar-refractivity contribution < 1.29 is 0 Å². The molecular formula is C15H27N. The van der Waals surface area contributed by atoms with E-state index in [1.54, 1.807) is 25.7 Å². The Labute approximate surface area is 100 Å². The zero-order valence-electron chi connectivity index (χ0n) is 11.0. The highest BCUT2D eigenvalue weighted by Gasteiger charge is 2.57. The topological polar surface area (TPSA) is 12.0 Å². The van der Waals surface area contributed by atoms with Crippen LogP contribution in [0.25, 0.3) is 0 Å². The van der Waals surface area contributed by atoms with Gasteiger partial charge >= 0.3 is 0 Å². The summed E-state index contributed by atoms with van der Waals surface area (Å²) in [7, 11) is 0. The monoisotopic (exact) mass is 221 g/mol. The number of rotatable bonds is 5. The Morgan fingerprint density at radius 1 is 1.12 bits per heavy atom. The summed E-state index contributed by atoms with van der Waals surface area (Å²) in [4.78, 5) is 0. The highest BCUT2D eigenvalue weighted by Crippen LogP contribution is 2.64. The number of fused-ring (bicyclic) bond motifs is 2. The minimum atomic E-state index is 0.748. The second kappa shape index (κ2) is 4.01. The maximum Gasteiger partial charge on any atom is 0.00133 e. The van der Waals surface area contributed by atoms with Gasteiger partial charge in [-0.2, -0.15) is 0 Å². The van der Waals surface area contributed by atoms with Gasteiger partial charge in [-0.05, 0) is 67.7 Å². The molecule has 0 radical (unpaired) electrons. The Kier molecular flexibility index (Phi) is 2.78. The highest BCUT2D eigenvalue weighted by molar-refractivity contribution is 5.07. The fourth-order valence-corrected chi connectivity index (χ4v) is 4.60. The summed E-state index contributed by atoms with van der Waals surface area (Å²) >= 11 is 0. The van der Waals surface area contributed by atoms with Gasteiger partial charge in [0.2, 0.25) is 0 Å². The van der Waals surface area contributed by atoms with E-state index in [9.17, 15) is 0 Å². The van der Waals surface area contributed by atoms with Crippen molar-refractivity contribution in [3.63, 3.8) is 0 Å². The van der Waals surface area contributed by atoms with Crippen LogP contribution in [0, 0.1) is 29.1 Å². The third-order valence-electron chi connectivity index (χ3n) is 5.42. The van der Waals surface area contributed by atoms with E-state index in [-0.39, 0.29) is 0 Å². The maximum absolute atomic E-state index is 3.77. The molecule has 0 aliphatic heterocycles. The van der Waals surface area contributed by atoms with Gasteiger partial charge in [0.25, 0.3) is 0 Å². The van der Waals surface area contributed by atoms with E-state index in [0.717, 1.165) is 29.1 Å². The molecule has 0 aromatic rings. The van der Waals surface area contributed by atoms with E-state index in [1.165, 1.54) is 25.9 Å². The minimum absolute atomic E-state index is 0.748. The van der Waals surface area contributed by atoms with Crippen molar-refractivity contribution in [2.75, 3.05) is 13.1 Å². The molecule has 3 unspecified atom stereocenters. The van der Waals surface area contributed by atoms with E-state index in [2.05, 4.69) is 19.2 Å². The van der Waals surface area contributed by atoms with E-state index < -0.39 is 0 Å². The van der Waals surface area contributed by atoms with Crippen LogP contribution in [0.3, 0.4) is 0 Å². The smallest absolute Gasteiger partial charge is 0.00133 e. The van der Waals surface area contributed by atoms with Gasteiger partial charge in [0.1, 0.15) is 0 Å². The molecule has 16 heavy (non-hydrogen) atoms. The third kappa shape index (κ3) is 1.81. The first-order valence-electron chi connectivity index (χ1n) is 7.41. The highest BCUT2D eigenvalue weighted by atomic mass is 14.9. The lowest BCUT2D eigenvalue weighted by atomic mass is 9.69. The fourth-order valence-electron chi connectivity index (χ4n) is 4.60. The number of nitrogens with one attached hydrogen (secondary N) is 1. The summed E-state index contributed by atoms with van der Waals surface area (Å²) in [5, 5.41) is 3.77. The summed E-state index contributed by atoms with van der Waals surface area (Å²) in [6, 6.07) is 0. The van der Waals surface area contributed by atoms with Gasteiger partial charge in [0.05, 0.1) is 0 Å². The molecule has 0 spiro atoms. The van der Waals surface area contributed by atoms with Crippen molar-refractivity contribution in [1.29, 1.82) is 0 Å². The van der Waals surface area contributed by atoms with Crippen molar-refractivity contribution in [2.45, 2.75) is 52.4 Å². The Hall–Kier alpha value is -0.0400. The molecule has 0 aromatic carbocycles. The molecule has 3 fully saturated rings. The summed E-state index contributed by atoms with van der Waals surface area (Å²) < 4.78 is 0. The van der Waals surface area contributed by atoms with Crippen LogP contribution < -0.4 is 5.32 Å². The van der Waals surface area contributed by atoms with Crippen LogP contribution in [0.4, 0.5) is 0 Å². The summed E-state index contributed by atoms with van der Waals surface area (Å²) in [5.74, 6) is 4.09. The van der Waals surface area contributed by atoms with Gasteiger partial charge in [-0.3, -0.25) is 0 Å². The average molecular weight is 221 g/mol. The van der Waals surface area contributed by atoms with Crippen molar-refractivity contribution in [2.24, 2.45) is 29.1 Å². The normalized spacial score (nSPS) is 42.2. The predicted molar refractivity (Wildman–Crippen MR) is 68.3 cm³/mol. The molecule has 0 saturated heterocycles. The fraction of sp³-hybridized carbons (Fsp3) is 1.00. The molecular weight excluding hydrogens is 194 g/mol. The summed E-state index contributed by atoms with van der Waals surface area (Å²) in [6.45, 7) is 7.18. The largest absolute Gasteiger partial charge is 0.316 e. The van der Waals surface area contributed by atoms with Gasteiger partial charge in [-0.25, -0.2) is 0 Å². The van der Waals surface area contributed by atoms with Crippen molar-refractivity contribution in [3.05, 3.63) is 0 Å². The van der Waals surface area contributed by atoms with Crippen molar-refractivity contribution >= 4 is 0 Å². The lowest BCUT2D eigenvalue weighted by Gasteiger charge is -2.39. The van der Waals surface area contributed by atoms with Crippen molar-refractivity contribution in [3.8, 4) is 0 Å². The zero-order chi connectivity index (χ0) is 11.2. The molecule has 92 valence electrons. The molecule has 1 heteroatoms. The summed E-state index contributed by atoms with van der Waals surface area (Å²) in [6.07, 6.45) is 9.29. The van der Waals surface area contributed by atoms with Gasteiger partial charge in [0, 0.05) is 6.54 Å². The van der Waals surface area contributed by atoms with Crippen LogP contribution in [-0.4, -0.2) is 13.1 Å². The molecule has 3 rings (SSSR count). The molecule has 1 nitrogen and oxygen atoms in total. The van der Waals surface area contributed by atoms with E-state index in [0.29, 0.717) is 0 Å². The lowest BCUT2D eigenvalue weighted by Crippen LogP contribution is -2.41. The van der Waals surface area contributed by atoms with Gasteiger partial charge in [0.15, 0.2) is 0 Å². The van der Waals surface area contributed by atoms with Crippen LogP contribution in [0.2, 0.25) is 0 Å². The first-order valence-corrected chi connectivity index (χ1v) is 7.41. The Morgan fingerprint density at radius 2 is 1.88 bits per heavy atom. The van der Waals surface area contributed by atoms with Gasteiger partial charge < -0.3 is 5.32 Å². The number of hydrogen-bond acceptors (Lipinski definition) is 1. The Balaban J connectivity index is 1.63. The Morgan fingerprint density at radius 3 is 2.38 bits per heavy atom. The van der Waals surface area contributed by atoms with Crippen molar-refractivity contribution in [1.82, 2.24) is 5.32 Å². The summed E-state index contributed by atoms with van der Waals surface area (Å²) in [5.41, 5.74) is 0.748. The van der Waals surface area contributed by atoms with Gasteiger partial charge in [-0.1, -0.05) is 20.3 Å². The molecule has 0 aromatic heterocycles. The second-order valence-corrected chi connectivity index (χ2v) is 7.11.